The molecule has 5 nitrogen and oxygen atoms in total. The number of thiophene rings is 1. The number of carbonyl (C=O) groups excluding carboxylic acids is 1. The van der Waals surface area contributed by atoms with Gasteiger partial charge in [0.1, 0.15) is 0 Å². The van der Waals surface area contributed by atoms with Crippen LogP contribution >= 0.6 is 11.3 Å². The predicted molar refractivity (Wildman–Crippen MR) is 91.6 cm³/mol. The summed E-state index contributed by atoms with van der Waals surface area (Å²) in [4.78, 5) is 12.2. The molecule has 0 bridgehead atoms. The van der Waals surface area contributed by atoms with E-state index in [0.29, 0.717) is 24.6 Å². The number of aryl methyl sites for hydroxylation is 2. The van der Waals surface area contributed by atoms with Crippen molar-refractivity contribution in [1.82, 2.24) is 15.5 Å². The van der Waals surface area contributed by atoms with Crippen LogP contribution in [0.15, 0.2) is 45.5 Å². The van der Waals surface area contributed by atoms with Gasteiger partial charge in [-0.25, -0.2) is 0 Å². The summed E-state index contributed by atoms with van der Waals surface area (Å²) in [5.41, 5.74) is 3.49. The second kappa shape index (κ2) is 6.57. The first-order valence-corrected chi connectivity index (χ1v) is 8.96. The van der Waals surface area contributed by atoms with Gasteiger partial charge in [-0.2, -0.15) is 11.3 Å². The fourth-order valence-corrected chi connectivity index (χ4v) is 3.68. The largest absolute Gasteiger partial charge is 0.421 e. The fraction of sp³-hybridized carbons (Fsp3) is 0.278. The summed E-state index contributed by atoms with van der Waals surface area (Å²) in [5, 5.41) is 15.1. The summed E-state index contributed by atoms with van der Waals surface area (Å²) in [6, 6.07) is 10.4. The van der Waals surface area contributed by atoms with E-state index in [-0.39, 0.29) is 11.9 Å². The molecule has 122 valence electrons. The number of fused-ring (bicyclic) bond motifs is 1. The summed E-state index contributed by atoms with van der Waals surface area (Å²) in [7, 11) is 0. The van der Waals surface area contributed by atoms with E-state index in [1.165, 1.54) is 11.1 Å². The van der Waals surface area contributed by atoms with Crippen LogP contribution in [0.1, 0.15) is 35.9 Å². The topological polar surface area (TPSA) is 68.0 Å². The Labute approximate surface area is 143 Å². The van der Waals surface area contributed by atoms with Gasteiger partial charge in [0, 0.05) is 23.8 Å². The summed E-state index contributed by atoms with van der Waals surface area (Å²) in [5.74, 6) is 1.03. The first-order chi connectivity index (χ1) is 11.8. The zero-order valence-corrected chi connectivity index (χ0v) is 13.9. The lowest BCUT2D eigenvalue weighted by atomic mass is 10.1. The van der Waals surface area contributed by atoms with Crippen molar-refractivity contribution in [3.63, 3.8) is 0 Å². The molecule has 3 aromatic rings. The van der Waals surface area contributed by atoms with Crippen LogP contribution in [0.25, 0.3) is 11.5 Å². The SMILES string of the molecule is O=C(CCc1nnc(-c2ccsc2)o1)NC1CCc2ccccc21. The van der Waals surface area contributed by atoms with Crippen molar-refractivity contribution in [2.24, 2.45) is 0 Å². The van der Waals surface area contributed by atoms with Crippen LogP contribution in [-0.4, -0.2) is 16.1 Å². The second-order valence-corrected chi connectivity index (χ2v) is 6.65. The maximum Gasteiger partial charge on any atom is 0.248 e. The van der Waals surface area contributed by atoms with Gasteiger partial charge in [-0.3, -0.25) is 4.79 Å². The summed E-state index contributed by atoms with van der Waals surface area (Å²) in [6.45, 7) is 0. The van der Waals surface area contributed by atoms with Gasteiger partial charge in [0.15, 0.2) is 0 Å². The van der Waals surface area contributed by atoms with Crippen molar-refractivity contribution in [2.75, 3.05) is 0 Å². The molecule has 0 saturated heterocycles. The number of rotatable bonds is 5. The number of amides is 1. The van der Waals surface area contributed by atoms with Crippen molar-refractivity contribution in [1.29, 1.82) is 0 Å². The van der Waals surface area contributed by atoms with Crippen LogP contribution < -0.4 is 5.32 Å². The molecule has 6 heteroatoms. The van der Waals surface area contributed by atoms with Crippen LogP contribution in [0, 0.1) is 0 Å². The zero-order valence-electron chi connectivity index (χ0n) is 13.1. The smallest absolute Gasteiger partial charge is 0.248 e. The third-order valence-electron chi connectivity index (χ3n) is 4.27. The highest BCUT2D eigenvalue weighted by Crippen LogP contribution is 2.30. The second-order valence-electron chi connectivity index (χ2n) is 5.87. The van der Waals surface area contributed by atoms with Crippen LogP contribution in [-0.2, 0) is 17.6 Å². The maximum atomic E-state index is 12.2. The van der Waals surface area contributed by atoms with E-state index in [0.717, 1.165) is 18.4 Å². The lowest BCUT2D eigenvalue weighted by molar-refractivity contribution is -0.121. The van der Waals surface area contributed by atoms with Crippen LogP contribution in [0.2, 0.25) is 0 Å². The van der Waals surface area contributed by atoms with Crippen molar-refractivity contribution in [3.05, 3.63) is 58.1 Å². The van der Waals surface area contributed by atoms with Gasteiger partial charge in [0.05, 0.1) is 6.04 Å². The normalized spacial score (nSPS) is 16.1. The van der Waals surface area contributed by atoms with Crippen molar-refractivity contribution < 1.29 is 9.21 Å². The molecule has 1 atom stereocenters. The molecule has 2 aromatic heterocycles. The molecule has 0 radical (unpaired) electrons. The lowest BCUT2D eigenvalue weighted by Crippen LogP contribution is -2.27. The lowest BCUT2D eigenvalue weighted by Gasteiger charge is -2.13. The first kappa shape index (κ1) is 15.1. The highest BCUT2D eigenvalue weighted by molar-refractivity contribution is 7.08. The van der Waals surface area contributed by atoms with Crippen LogP contribution in [0.3, 0.4) is 0 Å². The monoisotopic (exact) mass is 339 g/mol. The molecule has 1 aromatic carbocycles. The van der Waals surface area contributed by atoms with Gasteiger partial charge < -0.3 is 9.73 Å². The number of aromatic nitrogens is 2. The quantitative estimate of drug-likeness (QED) is 0.772. The number of benzene rings is 1. The Bertz CT molecular complexity index is 842. The average Bonchev–Trinajstić information content (AvgIpc) is 3.34. The molecule has 0 fully saturated rings. The van der Waals surface area contributed by atoms with Gasteiger partial charge in [-0.15, -0.1) is 10.2 Å². The highest BCUT2D eigenvalue weighted by Gasteiger charge is 2.23. The molecule has 0 saturated carbocycles. The molecule has 1 aliphatic rings. The number of hydrogen-bond acceptors (Lipinski definition) is 5. The van der Waals surface area contributed by atoms with E-state index in [1.807, 2.05) is 29.0 Å². The summed E-state index contributed by atoms with van der Waals surface area (Å²) >= 11 is 1.58. The minimum absolute atomic E-state index is 0.0204. The molecular weight excluding hydrogens is 322 g/mol. The summed E-state index contributed by atoms with van der Waals surface area (Å²) < 4.78 is 5.61. The molecule has 0 aliphatic heterocycles. The van der Waals surface area contributed by atoms with Gasteiger partial charge in [0.2, 0.25) is 17.7 Å². The Balaban J connectivity index is 1.33. The van der Waals surface area contributed by atoms with Crippen LogP contribution in [0.4, 0.5) is 0 Å². The molecular formula is C18H17N3O2S. The number of carbonyl (C=O) groups is 1. The Morgan fingerprint density at radius 1 is 1.29 bits per heavy atom. The van der Waals surface area contributed by atoms with Crippen molar-refractivity contribution in [3.8, 4) is 11.5 Å². The minimum Gasteiger partial charge on any atom is -0.421 e. The van der Waals surface area contributed by atoms with E-state index >= 15 is 0 Å². The van der Waals surface area contributed by atoms with E-state index in [2.05, 4.69) is 27.6 Å². The summed E-state index contributed by atoms with van der Waals surface area (Å²) in [6.07, 6.45) is 2.80. The molecule has 1 unspecified atom stereocenters. The highest BCUT2D eigenvalue weighted by atomic mass is 32.1. The first-order valence-electron chi connectivity index (χ1n) is 8.02. The number of nitrogens with one attached hydrogen (secondary N) is 1. The molecule has 1 aliphatic carbocycles. The molecule has 24 heavy (non-hydrogen) atoms. The Kier molecular flexibility index (Phi) is 4.13. The average molecular weight is 339 g/mol. The van der Waals surface area contributed by atoms with Crippen molar-refractivity contribution in [2.45, 2.75) is 31.7 Å². The Morgan fingerprint density at radius 3 is 3.08 bits per heavy atom. The standard InChI is InChI=1S/C18H17N3O2S/c22-16(19-15-6-5-12-3-1-2-4-14(12)15)7-8-17-20-21-18(23-17)13-9-10-24-11-13/h1-4,9-11,15H,5-8H2,(H,19,22). The number of nitrogens with zero attached hydrogens (tertiary/aromatic N) is 2. The van der Waals surface area contributed by atoms with E-state index < -0.39 is 0 Å². The third-order valence-corrected chi connectivity index (χ3v) is 4.95. The molecule has 2 heterocycles. The van der Waals surface area contributed by atoms with Gasteiger partial charge in [0.25, 0.3) is 0 Å². The van der Waals surface area contributed by atoms with E-state index in [9.17, 15) is 4.79 Å². The molecule has 1 N–H and O–H groups in total. The predicted octanol–water partition coefficient (Wildman–Crippen LogP) is 3.53. The third kappa shape index (κ3) is 3.10. The molecule has 1 amide bonds. The molecule has 4 rings (SSSR count). The van der Waals surface area contributed by atoms with E-state index in [4.69, 9.17) is 4.42 Å². The van der Waals surface area contributed by atoms with Gasteiger partial charge in [-0.1, -0.05) is 24.3 Å². The minimum atomic E-state index is 0.0204. The fourth-order valence-electron chi connectivity index (χ4n) is 3.05. The van der Waals surface area contributed by atoms with Crippen LogP contribution in [0.5, 0.6) is 0 Å². The maximum absolute atomic E-state index is 12.2. The Morgan fingerprint density at radius 2 is 2.21 bits per heavy atom. The number of hydrogen-bond donors (Lipinski definition) is 1. The van der Waals surface area contributed by atoms with E-state index in [1.54, 1.807) is 11.3 Å². The zero-order chi connectivity index (χ0) is 16.4. The van der Waals surface area contributed by atoms with Crippen molar-refractivity contribution >= 4 is 17.2 Å². The Hall–Kier alpha value is -2.47. The molecule has 0 spiro atoms. The van der Waals surface area contributed by atoms with Gasteiger partial charge >= 0.3 is 0 Å². The van der Waals surface area contributed by atoms with Gasteiger partial charge in [-0.05, 0) is 35.4 Å².